The maximum absolute atomic E-state index is 12.9. The number of benzene rings is 1. The maximum atomic E-state index is 12.9. The van der Waals surface area contributed by atoms with Crippen LogP contribution in [-0.2, 0) is 17.3 Å². The topological polar surface area (TPSA) is 21.3 Å². The minimum Gasteiger partial charge on any atom is -0.353 e. The van der Waals surface area contributed by atoms with Gasteiger partial charge in [-0.05, 0) is 32.4 Å². The molecule has 0 radical (unpaired) electrons. The molecule has 2 nitrogen and oxygen atoms in total. The molecule has 1 aromatic carbocycles. The highest BCUT2D eigenvalue weighted by Crippen LogP contribution is 2.35. The van der Waals surface area contributed by atoms with E-state index in [1.165, 1.54) is 12.1 Å². The van der Waals surface area contributed by atoms with Crippen molar-refractivity contribution in [3.63, 3.8) is 0 Å². The van der Waals surface area contributed by atoms with Crippen LogP contribution in [-0.4, -0.2) is 17.9 Å². The summed E-state index contributed by atoms with van der Waals surface area (Å²) in [4.78, 5) is 0. The second-order valence-corrected chi connectivity index (χ2v) is 5.78. The molecular formula is C14H18F3NO. The second kappa shape index (κ2) is 4.49. The zero-order chi connectivity index (χ0) is 14.3. The molecule has 0 aliphatic carbocycles. The molecule has 5 heteroatoms. The molecule has 0 spiro atoms. The van der Waals surface area contributed by atoms with E-state index in [9.17, 15) is 13.2 Å². The lowest BCUT2D eigenvalue weighted by molar-refractivity contribution is -0.139. The Morgan fingerprint density at radius 1 is 1.21 bits per heavy atom. The molecule has 106 valence electrons. The third-order valence-electron chi connectivity index (χ3n) is 3.24. The minimum atomic E-state index is -4.33. The number of alkyl halides is 3. The van der Waals surface area contributed by atoms with E-state index in [-0.39, 0.29) is 17.6 Å². The normalized spacial score (nSPS) is 26.6. The molecule has 0 amide bonds. The van der Waals surface area contributed by atoms with E-state index in [0.29, 0.717) is 6.54 Å². The highest BCUT2D eigenvalue weighted by Gasteiger charge is 2.42. The predicted octanol–water partition coefficient (Wildman–Crippen LogP) is 3.36. The molecule has 2 rings (SSSR count). The summed E-state index contributed by atoms with van der Waals surface area (Å²) in [6.45, 7) is 6.24. The first-order valence-electron chi connectivity index (χ1n) is 6.22. The van der Waals surface area contributed by atoms with E-state index in [4.69, 9.17) is 4.74 Å². The van der Waals surface area contributed by atoms with Gasteiger partial charge in [-0.3, -0.25) is 5.32 Å². The minimum absolute atomic E-state index is 0.187. The quantitative estimate of drug-likeness (QED) is 0.892. The van der Waals surface area contributed by atoms with Gasteiger partial charge in [0.05, 0.1) is 11.2 Å². The van der Waals surface area contributed by atoms with Crippen LogP contribution in [0.4, 0.5) is 13.2 Å². The molecule has 0 saturated carbocycles. The summed E-state index contributed by atoms with van der Waals surface area (Å²) in [5.74, 6) is 0. The molecular weight excluding hydrogens is 255 g/mol. The van der Waals surface area contributed by atoms with Gasteiger partial charge in [0, 0.05) is 13.0 Å². The lowest BCUT2D eigenvalue weighted by Gasteiger charge is -2.28. The second-order valence-electron chi connectivity index (χ2n) is 5.78. The van der Waals surface area contributed by atoms with Gasteiger partial charge in [-0.2, -0.15) is 13.2 Å². The zero-order valence-corrected chi connectivity index (χ0v) is 11.3. The molecule has 1 unspecified atom stereocenters. The fourth-order valence-electron chi connectivity index (χ4n) is 2.49. The summed E-state index contributed by atoms with van der Waals surface area (Å²) in [5, 5.41) is 3.16. The largest absolute Gasteiger partial charge is 0.416 e. The van der Waals surface area contributed by atoms with Gasteiger partial charge in [-0.15, -0.1) is 0 Å². The van der Waals surface area contributed by atoms with Crippen molar-refractivity contribution >= 4 is 0 Å². The molecule has 0 bridgehead atoms. The number of rotatable bonds is 2. The first-order chi connectivity index (χ1) is 8.61. The van der Waals surface area contributed by atoms with Crippen molar-refractivity contribution in [3.05, 3.63) is 35.4 Å². The van der Waals surface area contributed by atoms with Crippen LogP contribution in [0.25, 0.3) is 0 Å². The van der Waals surface area contributed by atoms with Gasteiger partial charge in [-0.1, -0.05) is 18.2 Å². The average Bonchev–Trinajstić information content (AvgIpc) is 2.52. The lowest BCUT2D eigenvalue weighted by atomic mass is 9.98. The Morgan fingerprint density at radius 3 is 2.37 bits per heavy atom. The van der Waals surface area contributed by atoms with Crippen molar-refractivity contribution in [1.29, 1.82) is 0 Å². The third-order valence-corrected chi connectivity index (χ3v) is 3.24. The first kappa shape index (κ1) is 14.3. The van der Waals surface area contributed by atoms with E-state index in [1.54, 1.807) is 13.0 Å². The van der Waals surface area contributed by atoms with Crippen LogP contribution in [0.15, 0.2) is 24.3 Å². The highest BCUT2D eigenvalue weighted by atomic mass is 19.4. The van der Waals surface area contributed by atoms with Crippen molar-refractivity contribution in [2.24, 2.45) is 0 Å². The average molecular weight is 273 g/mol. The van der Waals surface area contributed by atoms with Crippen LogP contribution in [0.1, 0.15) is 31.9 Å². The number of hydrogen-bond acceptors (Lipinski definition) is 2. The summed E-state index contributed by atoms with van der Waals surface area (Å²) in [5.41, 5.74) is -1.46. The van der Waals surface area contributed by atoms with Crippen LogP contribution >= 0.6 is 0 Å². The van der Waals surface area contributed by atoms with E-state index < -0.39 is 17.5 Å². The monoisotopic (exact) mass is 273 g/mol. The molecule has 1 aliphatic rings. The van der Waals surface area contributed by atoms with Gasteiger partial charge in [-0.25, -0.2) is 0 Å². The molecule has 0 aromatic heterocycles. The molecule has 1 N–H and O–H groups in total. The molecule has 1 aromatic rings. The molecule has 1 atom stereocenters. The van der Waals surface area contributed by atoms with Crippen molar-refractivity contribution in [2.75, 3.05) is 6.54 Å². The van der Waals surface area contributed by atoms with Crippen molar-refractivity contribution < 1.29 is 17.9 Å². The van der Waals surface area contributed by atoms with Crippen molar-refractivity contribution in [2.45, 2.75) is 44.7 Å². The van der Waals surface area contributed by atoms with E-state index in [2.05, 4.69) is 5.32 Å². The van der Waals surface area contributed by atoms with Crippen LogP contribution in [0.5, 0.6) is 0 Å². The summed E-state index contributed by atoms with van der Waals surface area (Å²) in [7, 11) is 0. The summed E-state index contributed by atoms with van der Waals surface area (Å²) < 4.78 is 44.6. The number of ether oxygens (including phenoxy) is 1. The van der Waals surface area contributed by atoms with Crippen LogP contribution in [0.2, 0.25) is 0 Å². The smallest absolute Gasteiger partial charge is 0.353 e. The van der Waals surface area contributed by atoms with E-state index in [1.807, 2.05) is 13.8 Å². The fraction of sp³-hybridized carbons (Fsp3) is 0.571. The van der Waals surface area contributed by atoms with Gasteiger partial charge in [0.1, 0.15) is 5.72 Å². The molecule has 19 heavy (non-hydrogen) atoms. The first-order valence-corrected chi connectivity index (χ1v) is 6.22. The Labute approximate surface area is 111 Å². The molecule has 1 heterocycles. The van der Waals surface area contributed by atoms with Crippen molar-refractivity contribution in [3.8, 4) is 0 Å². The Bertz CT molecular complexity index is 470. The third kappa shape index (κ3) is 3.28. The number of hydrogen-bond donors (Lipinski definition) is 1. The standard InChI is InChI=1S/C14H18F3NO/c1-12(2)9-18-13(3,19-12)8-10-6-4-5-7-11(10)14(15,16)17/h4-7,18H,8-9H2,1-3H3. The molecule has 1 aliphatic heterocycles. The Hall–Kier alpha value is -1.07. The summed E-state index contributed by atoms with van der Waals surface area (Å²) in [6.07, 6.45) is -4.15. The van der Waals surface area contributed by atoms with Gasteiger partial charge in [0.2, 0.25) is 0 Å². The number of halogens is 3. The number of nitrogens with one attached hydrogen (secondary N) is 1. The Morgan fingerprint density at radius 2 is 1.84 bits per heavy atom. The highest BCUT2D eigenvalue weighted by molar-refractivity contribution is 5.31. The van der Waals surface area contributed by atoms with Crippen LogP contribution < -0.4 is 5.32 Å². The molecule has 1 saturated heterocycles. The zero-order valence-electron chi connectivity index (χ0n) is 11.3. The Kier molecular flexibility index (Phi) is 3.39. The van der Waals surface area contributed by atoms with Gasteiger partial charge >= 0.3 is 6.18 Å². The van der Waals surface area contributed by atoms with Gasteiger partial charge < -0.3 is 4.74 Å². The van der Waals surface area contributed by atoms with Crippen LogP contribution in [0.3, 0.4) is 0 Å². The molecule has 1 fully saturated rings. The SMILES string of the molecule is CC1(C)CNC(C)(Cc2ccccc2C(F)(F)F)O1. The fourth-order valence-corrected chi connectivity index (χ4v) is 2.49. The van der Waals surface area contributed by atoms with Crippen LogP contribution in [0, 0.1) is 0 Å². The van der Waals surface area contributed by atoms with Crippen molar-refractivity contribution in [1.82, 2.24) is 5.32 Å². The maximum Gasteiger partial charge on any atom is 0.416 e. The summed E-state index contributed by atoms with van der Waals surface area (Å²) >= 11 is 0. The lowest BCUT2D eigenvalue weighted by Crippen LogP contribution is -2.40. The van der Waals surface area contributed by atoms with Gasteiger partial charge in [0.25, 0.3) is 0 Å². The predicted molar refractivity (Wildman–Crippen MR) is 66.7 cm³/mol. The van der Waals surface area contributed by atoms with Gasteiger partial charge in [0.15, 0.2) is 0 Å². The summed E-state index contributed by atoms with van der Waals surface area (Å²) in [6, 6.07) is 5.64. The van der Waals surface area contributed by atoms with E-state index in [0.717, 1.165) is 6.07 Å². The Balaban J connectivity index is 2.25. The van der Waals surface area contributed by atoms with E-state index >= 15 is 0 Å².